The summed E-state index contributed by atoms with van der Waals surface area (Å²) in [6.07, 6.45) is 0.188. The van der Waals surface area contributed by atoms with Crippen molar-refractivity contribution in [2.75, 3.05) is 0 Å². The van der Waals surface area contributed by atoms with Crippen LogP contribution >= 0.6 is 0 Å². The van der Waals surface area contributed by atoms with Gasteiger partial charge in [-0.15, -0.1) is 0 Å². The molecule has 0 bridgehead atoms. The number of benzene rings is 1. The lowest BCUT2D eigenvalue weighted by molar-refractivity contribution is -0.143. The molecule has 0 spiro atoms. The lowest BCUT2D eigenvalue weighted by atomic mass is 9.97. The molecule has 8 heteroatoms. The third-order valence-electron chi connectivity index (χ3n) is 3.86. The third-order valence-corrected chi connectivity index (χ3v) is 3.86. The lowest BCUT2D eigenvalue weighted by Crippen LogP contribution is -2.42. The van der Waals surface area contributed by atoms with E-state index in [0.29, 0.717) is 5.56 Å². The molecule has 5 N–H and O–H groups in total. The van der Waals surface area contributed by atoms with Crippen molar-refractivity contribution in [2.45, 2.75) is 38.1 Å². The van der Waals surface area contributed by atoms with Crippen molar-refractivity contribution in [3.05, 3.63) is 42.2 Å². The lowest BCUT2D eigenvalue weighted by Gasteiger charge is -2.16. The average Bonchev–Trinajstić information content (AvgIpc) is 2.55. The second-order valence-corrected chi connectivity index (χ2v) is 6.01. The van der Waals surface area contributed by atoms with Crippen LogP contribution in [0.1, 0.15) is 31.2 Å². The fourth-order valence-electron chi connectivity index (χ4n) is 2.37. The number of nitrogens with one attached hydrogen (secondary N) is 1. The molecule has 0 aromatic heterocycles. The van der Waals surface area contributed by atoms with E-state index in [2.05, 4.69) is 11.9 Å². The maximum Gasteiger partial charge on any atom is 0.326 e. The molecule has 8 nitrogen and oxygen atoms in total. The number of rotatable bonds is 11. The van der Waals surface area contributed by atoms with Gasteiger partial charge in [-0.1, -0.05) is 18.7 Å². The molecule has 2 atom stereocenters. The number of hydrogen-bond acceptors (Lipinski definition) is 5. The van der Waals surface area contributed by atoms with Crippen LogP contribution in [0, 0.1) is 5.92 Å². The molecule has 0 aliphatic carbocycles. The first-order valence-corrected chi connectivity index (χ1v) is 8.08. The molecular formula is C18H23NO7. The number of hydrogen-bond donors (Lipinski definition) is 5. The van der Waals surface area contributed by atoms with Crippen LogP contribution in [0.25, 0.3) is 0 Å². The molecule has 1 aromatic rings. The summed E-state index contributed by atoms with van der Waals surface area (Å²) in [6.45, 7) is 3.29. The van der Waals surface area contributed by atoms with E-state index in [0.717, 1.165) is 0 Å². The van der Waals surface area contributed by atoms with Crippen molar-refractivity contribution in [3.63, 3.8) is 0 Å². The summed E-state index contributed by atoms with van der Waals surface area (Å²) < 4.78 is 0. The van der Waals surface area contributed by atoms with Crippen molar-refractivity contribution in [1.82, 2.24) is 5.32 Å². The van der Waals surface area contributed by atoms with Crippen molar-refractivity contribution in [1.29, 1.82) is 0 Å². The molecule has 0 heterocycles. The molecule has 0 saturated heterocycles. The first-order chi connectivity index (χ1) is 12.2. The van der Waals surface area contributed by atoms with Gasteiger partial charge in [-0.05, 0) is 30.5 Å². The number of allylic oxidation sites excluding steroid dienone is 1. The Bertz CT molecular complexity index is 654. The van der Waals surface area contributed by atoms with Crippen LogP contribution in [-0.4, -0.2) is 44.3 Å². The summed E-state index contributed by atoms with van der Waals surface area (Å²) in [5, 5.41) is 39.0. The number of carboxylic acid groups (broad SMARTS) is 2. The molecular weight excluding hydrogens is 342 g/mol. The van der Waals surface area contributed by atoms with E-state index >= 15 is 0 Å². The van der Waals surface area contributed by atoms with E-state index in [1.165, 1.54) is 12.1 Å². The number of aliphatic hydroxyl groups excluding tert-OH is 1. The van der Waals surface area contributed by atoms with Crippen molar-refractivity contribution in [3.8, 4) is 5.75 Å². The monoisotopic (exact) mass is 365 g/mol. The minimum Gasteiger partial charge on any atom is -0.513 e. The Balaban J connectivity index is 2.58. The quantitative estimate of drug-likeness (QED) is 0.376. The molecule has 0 unspecified atom stereocenters. The minimum atomic E-state index is -1.21. The molecule has 26 heavy (non-hydrogen) atoms. The number of phenols is 1. The van der Waals surface area contributed by atoms with Gasteiger partial charge < -0.3 is 25.7 Å². The van der Waals surface area contributed by atoms with Crippen LogP contribution in [0.4, 0.5) is 0 Å². The number of carboxylic acids is 2. The van der Waals surface area contributed by atoms with Gasteiger partial charge in [-0.2, -0.15) is 0 Å². The van der Waals surface area contributed by atoms with Gasteiger partial charge in [0.2, 0.25) is 5.91 Å². The highest BCUT2D eigenvalue weighted by atomic mass is 16.4. The van der Waals surface area contributed by atoms with Gasteiger partial charge in [0.15, 0.2) is 0 Å². The number of carbonyl (C=O) groups is 3. The zero-order valence-corrected chi connectivity index (χ0v) is 14.2. The smallest absolute Gasteiger partial charge is 0.326 e. The SMILES string of the molecule is C=C(O)CC[C@H](CCC(=O)N[C@H](Cc1ccc(O)cc1)C(=O)O)C(=O)O. The topological polar surface area (TPSA) is 144 Å². The van der Waals surface area contributed by atoms with Crippen LogP contribution in [-0.2, 0) is 20.8 Å². The molecule has 0 aliphatic rings. The van der Waals surface area contributed by atoms with E-state index in [-0.39, 0.29) is 43.6 Å². The van der Waals surface area contributed by atoms with Gasteiger partial charge in [-0.3, -0.25) is 9.59 Å². The normalized spacial score (nSPS) is 12.8. The molecule has 0 aliphatic heterocycles. The third kappa shape index (κ3) is 7.69. The molecule has 142 valence electrons. The van der Waals surface area contributed by atoms with Crippen molar-refractivity contribution in [2.24, 2.45) is 5.92 Å². The maximum atomic E-state index is 12.0. The number of carbonyl (C=O) groups excluding carboxylic acids is 1. The molecule has 1 aromatic carbocycles. The molecule has 1 amide bonds. The minimum absolute atomic E-state index is 0.0278. The molecule has 1 rings (SSSR count). The van der Waals surface area contributed by atoms with Gasteiger partial charge in [0.1, 0.15) is 11.8 Å². The largest absolute Gasteiger partial charge is 0.513 e. The Hall–Kier alpha value is -3.03. The van der Waals surface area contributed by atoms with Gasteiger partial charge in [0.05, 0.1) is 11.7 Å². The molecule has 0 saturated carbocycles. The molecule has 0 fully saturated rings. The second-order valence-electron chi connectivity index (χ2n) is 6.01. The predicted molar refractivity (Wildman–Crippen MR) is 92.7 cm³/mol. The van der Waals surface area contributed by atoms with E-state index in [1.54, 1.807) is 12.1 Å². The standard InChI is InChI=1S/C18H23NO7/c1-11(20)2-5-13(17(23)24)6-9-16(22)19-15(18(25)26)10-12-3-7-14(21)8-4-12/h3-4,7-8,13,15,20-21H,1-2,5-6,9-10H2,(H,19,22)(H,23,24)(H,25,26)/t13-,15-/m1/s1. The molecule has 0 radical (unpaired) electrons. The Morgan fingerprint density at radius 2 is 1.54 bits per heavy atom. The first kappa shape index (κ1) is 21.0. The van der Waals surface area contributed by atoms with Crippen molar-refractivity contribution >= 4 is 17.8 Å². The summed E-state index contributed by atoms with van der Waals surface area (Å²) in [4.78, 5) is 34.5. The summed E-state index contributed by atoms with van der Waals surface area (Å²) in [5.74, 6) is -3.76. The highest BCUT2D eigenvalue weighted by Gasteiger charge is 2.23. The Kier molecular flexibility index (Phi) is 8.14. The fraction of sp³-hybridized carbons (Fsp3) is 0.389. The van der Waals surface area contributed by atoms with Gasteiger partial charge in [0, 0.05) is 19.3 Å². The highest BCUT2D eigenvalue weighted by molar-refractivity contribution is 5.84. The van der Waals surface area contributed by atoms with E-state index in [4.69, 9.17) is 10.2 Å². The summed E-state index contributed by atoms with van der Waals surface area (Å²) in [6, 6.07) is 4.79. The number of aliphatic hydroxyl groups is 1. The maximum absolute atomic E-state index is 12.0. The second kappa shape index (κ2) is 10.1. The summed E-state index contributed by atoms with van der Waals surface area (Å²) >= 11 is 0. The van der Waals surface area contributed by atoms with E-state index < -0.39 is 29.8 Å². The van der Waals surface area contributed by atoms with E-state index in [1.807, 2.05) is 0 Å². The van der Waals surface area contributed by atoms with Crippen LogP contribution < -0.4 is 5.32 Å². The highest BCUT2D eigenvalue weighted by Crippen LogP contribution is 2.16. The fourth-order valence-corrected chi connectivity index (χ4v) is 2.37. The van der Waals surface area contributed by atoms with E-state index in [9.17, 15) is 24.6 Å². The summed E-state index contributed by atoms with van der Waals surface area (Å²) in [5.41, 5.74) is 0.625. The summed E-state index contributed by atoms with van der Waals surface area (Å²) in [7, 11) is 0. The number of amides is 1. The number of aliphatic carboxylic acids is 2. The van der Waals surface area contributed by atoms with Crippen LogP contribution in [0.2, 0.25) is 0 Å². The number of phenolic OH excluding ortho intramolecular Hbond substituents is 1. The van der Waals surface area contributed by atoms with Gasteiger partial charge >= 0.3 is 11.9 Å². The Morgan fingerprint density at radius 1 is 0.962 bits per heavy atom. The van der Waals surface area contributed by atoms with Crippen molar-refractivity contribution < 1.29 is 34.8 Å². The zero-order valence-electron chi connectivity index (χ0n) is 14.2. The first-order valence-electron chi connectivity index (χ1n) is 8.08. The average molecular weight is 365 g/mol. The van der Waals surface area contributed by atoms with Crippen LogP contribution in [0.3, 0.4) is 0 Å². The van der Waals surface area contributed by atoms with Gasteiger partial charge in [-0.25, -0.2) is 4.79 Å². The zero-order chi connectivity index (χ0) is 19.7. The number of aromatic hydroxyl groups is 1. The van der Waals surface area contributed by atoms with Crippen LogP contribution in [0.15, 0.2) is 36.6 Å². The predicted octanol–water partition coefficient (Wildman–Crippen LogP) is 1.84. The Morgan fingerprint density at radius 3 is 2.04 bits per heavy atom. The Labute approximate surface area is 150 Å². The van der Waals surface area contributed by atoms with Crippen LogP contribution in [0.5, 0.6) is 5.75 Å². The van der Waals surface area contributed by atoms with Gasteiger partial charge in [0.25, 0.3) is 0 Å².